The first kappa shape index (κ1) is 22.8. The minimum Gasteiger partial charge on any atom is -0.493 e. The molecule has 0 aliphatic heterocycles. The number of hydrogen-bond acceptors (Lipinski definition) is 4. The molecule has 0 aliphatic rings. The van der Waals surface area contributed by atoms with Crippen molar-refractivity contribution < 1.29 is 19.1 Å². The molecule has 0 fully saturated rings. The van der Waals surface area contributed by atoms with Crippen LogP contribution in [0, 0.1) is 0 Å². The third-order valence-corrected chi connectivity index (χ3v) is 4.62. The Bertz CT molecular complexity index is 828. The van der Waals surface area contributed by atoms with Crippen LogP contribution in [0.3, 0.4) is 0 Å². The Morgan fingerprint density at radius 3 is 2.41 bits per heavy atom. The van der Waals surface area contributed by atoms with E-state index in [0.717, 1.165) is 5.56 Å². The Hall–Kier alpha value is -2.53. The summed E-state index contributed by atoms with van der Waals surface area (Å²) in [6, 6.07) is 14.8. The highest BCUT2D eigenvalue weighted by atomic mass is 35.5. The number of hydrogen-bond donors (Lipinski definition) is 1. The Kier molecular flexibility index (Phi) is 8.09. The van der Waals surface area contributed by atoms with Gasteiger partial charge in [0, 0.05) is 5.02 Å². The number of rotatable bonds is 8. The second-order valence-electron chi connectivity index (χ2n) is 7.88. The number of halogens is 1. The molecule has 156 valence electrons. The number of carbonyl (C=O) groups excluding carboxylic acids is 2. The maximum absolute atomic E-state index is 12.0. The monoisotopic (exact) mass is 417 g/mol. The highest BCUT2D eigenvalue weighted by Crippen LogP contribution is 2.24. The Labute approximate surface area is 177 Å². The van der Waals surface area contributed by atoms with Crippen LogP contribution in [0.2, 0.25) is 5.02 Å². The maximum atomic E-state index is 12.0. The third-order valence-electron chi connectivity index (χ3n) is 4.39. The average Bonchev–Trinajstić information content (AvgIpc) is 2.66. The van der Waals surface area contributed by atoms with E-state index in [1.807, 2.05) is 43.3 Å². The normalized spacial score (nSPS) is 12.2. The van der Waals surface area contributed by atoms with Crippen molar-refractivity contribution in [2.24, 2.45) is 0 Å². The van der Waals surface area contributed by atoms with Gasteiger partial charge in [-0.1, -0.05) is 56.6 Å². The summed E-state index contributed by atoms with van der Waals surface area (Å²) >= 11 is 5.95. The lowest BCUT2D eigenvalue weighted by Gasteiger charge is -2.19. The summed E-state index contributed by atoms with van der Waals surface area (Å²) in [4.78, 5) is 23.8. The highest BCUT2D eigenvalue weighted by Gasteiger charge is 2.14. The predicted octanol–water partition coefficient (Wildman–Crippen LogP) is 4.83. The first-order valence-corrected chi connectivity index (χ1v) is 9.97. The van der Waals surface area contributed by atoms with Crippen LogP contribution in [-0.2, 0) is 19.7 Å². The Balaban J connectivity index is 1.68. The van der Waals surface area contributed by atoms with E-state index in [2.05, 4.69) is 26.1 Å². The number of benzene rings is 2. The van der Waals surface area contributed by atoms with Gasteiger partial charge in [-0.15, -0.1) is 0 Å². The SMILES string of the molecule is C[C@@H](NC(=O)COC(=O)CCOc1ccc(C(C)(C)C)cc1)c1cccc(Cl)c1. The van der Waals surface area contributed by atoms with Crippen LogP contribution >= 0.6 is 11.6 Å². The van der Waals surface area contributed by atoms with Crippen molar-refractivity contribution in [3.05, 3.63) is 64.7 Å². The fraction of sp³-hybridized carbons (Fsp3) is 0.391. The predicted molar refractivity (Wildman–Crippen MR) is 114 cm³/mol. The van der Waals surface area contributed by atoms with Crippen molar-refractivity contribution in [3.63, 3.8) is 0 Å². The molecule has 0 spiro atoms. The molecule has 0 aliphatic carbocycles. The van der Waals surface area contributed by atoms with E-state index in [9.17, 15) is 9.59 Å². The molecule has 2 aromatic rings. The second kappa shape index (κ2) is 10.3. The molecule has 0 saturated heterocycles. The van der Waals surface area contributed by atoms with Crippen LogP contribution in [0.1, 0.15) is 51.3 Å². The molecule has 0 saturated carbocycles. The van der Waals surface area contributed by atoms with E-state index in [1.54, 1.807) is 12.1 Å². The van der Waals surface area contributed by atoms with Gasteiger partial charge < -0.3 is 14.8 Å². The standard InChI is InChI=1S/C23H28ClNO4/c1-16(17-6-5-7-19(24)14-17)25-21(26)15-29-22(27)12-13-28-20-10-8-18(9-11-20)23(2,3)4/h5-11,14,16H,12-13,15H2,1-4H3,(H,25,26)/t16-/m1/s1. The Morgan fingerprint density at radius 2 is 1.79 bits per heavy atom. The molecule has 0 radical (unpaired) electrons. The molecular formula is C23H28ClNO4. The van der Waals surface area contributed by atoms with Crippen molar-refractivity contribution in [1.29, 1.82) is 0 Å². The molecule has 29 heavy (non-hydrogen) atoms. The lowest BCUT2D eigenvalue weighted by atomic mass is 9.87. The quantitative estimate of drug-likeness (QED) is 0.625. The van der Waals surface area contributed by atoms with Gasteiger partial charge in [0.2, 0.25) is 0 Å². The summed E-state index contributed by atoms with van der Waals surface area (Å²) in [5.74, 6) is -0.162. The van der Waals surface area contributed by atoms with E-state index >= 15 is 0 Å². The summed E-state index contributed by atoms with van der Waals surface area (Å²) < 4.78 is 10.6. The van der Waals surface area contributed by atoms with Crippen molar-refractivity contribution in [2.75, 3.05) is 13.2 Å². The van der Waals surface area contributed by atoms with Crippen molar-refractivity contribution in [2.45, 2.75) is 45.6 Å². The fourth-order valence-corrected chi connectivity index (χ4v) is 2.86. The van der Waals surface area contributed by atoms with E-state index in [1.165, 1.54) is 5.56 Å². The number of amides is 1. The van der Waals surface area contributed by atoms with Gasteiger partial charge in [0.05, 0.1) is 19.1 Å². The molecule has 1 N–H and O–H groups in total. The summed E-state index contributed by atoms with van der Waals surface area (Å²) in [5.41, 5.74) is 2.16. The average molecular weight is 418 g/mol. The van der Waals surface area contributed by atoms with Crippen molar-refractivity contribution in [1.82, 2.24) is 5.32 Å². The van der Waals surface area contributed by atoms with Gasteiger partial charge in [-0.2, -0.15) is 0 Å². The first-order chi connectivity index (χ1) is 13.6. The van der Waals surface area contributed by atoms with Crippen LogP contribution in [0.5, 0.6) is 5.75 Å². The number of esters is 1. The smallest absolute Gasteiger partial charge is 0.309 e. The Morgan fingerprint density at radius 1 is 1.10 bits per heavy atom. The molecule has 0 unspecified atom stereocenters. The van der Waals surface area contributed by atoms with E-state index in [0.29, 0.717) is 10.8 Å². The minimum absolute atomic E-state index is 0.0676. The molecule has 2 aromatic carbocycles. The van der Waals surface area contributed by atoms with Crippen LogP contribution in [0.25, 0.3) is 0 Å². The van der Waals surface area contributed by atoms with E-state index < -0.39 is 5.97 Å². The molecule has 0 bridgehead atoms. The van der Waals surface area contributed by atoms with Gasteiger partial charge in [0.25, 0.3) is 5.91 Å². The first-order valence-electron chi connectivity index (χ1n) is 9.59. The number of carbonyl (C=O) groups is 2. The van der Waals surface area contributed by atoms with Gasteiger partial charge in [-0.05, 0) is 47.7 Å². The molecular weight excluding hydrogens is 390 g/mol. The van der Waals surface area contributed by atoms with E-state index in [-0.39, 0.29) is 37.0 Å². The number of nitrogens with one attached hydrogen (secondary N) is 1. The van der Waals surface area contributed by atoms with Crippen LogP contribution in [-0.4, -0.2) is 25.1 Å². The molecule has 1 amide bonds. The van der Waals surface area contributed by atoms with Crippen molar-refractivity contribution >= 4 is 23.5 Å². The molecule has 2 rings (SSSR count). The van der Waals surface area contributed by atoms with E-state index in [4.69, 9.17) is 21.1 Å². The van der Waals surface area contributed by atoms with Crippen LogP contribution in [0.4, 0.5) is 0 Å². The lowest BCUT2D eigenvalue weighted by molar-refractivity contribution is -0.149. The van der Waals surface area contributed by atoms with Gasteiger partial charge in [0.1, 0.15) is 5.75 Å². The van der Waals surface area contributed by atoms with Gasteiger partial charge in [-0.25, -0.2) is 0 Å². The molecule has 1 atom stereocenters. The van der Waals surface area contributed by atoms with Crippen LogP contribution in [0.15, 0.2) is 48.5 Å². The second-order valence-corrected chi connectivity index (χ2v) is 8.31. The lowest BCUT2D eigenvalue weighted by Crippen LogP contribution is -2.31. The summed E-state index contributed by atoms with van der Waals surface area (Å²) in [5, 5.41) is 3.37. The zero-order valence-electron chi connectivity index (χ0n) is 17.3. The van der Waals surface area contributed by atoms with Gasteiger partial charge >= 0.3 is 5.97 Å². The largest absolute Gasteiger partial charge is 0.493 e. The molecule has 5 nitrogen and oxygen atoms in total. The summed E-state index contributed by atoms with van der Waals surface area (Å²) in [6.45, 7) is 8.13. The van der Waals surface area contributed by atoms with Gasteiger partial charge in [0.15, 0.2) is 6.61 Å². The third kappa shape index (κ3) is 7.78. The molecule has 0 aromatic heterocycles. The van der Waals surface area contributed by atoms with Crippen molar-refractivity contribution in [3.8, 4) is 5.75 Å². The topological polar surface area (TPSA) is 64.6 Å². The molecule has 6 heteroatoms. The van der Waals surface area contributed by atoms with Gasteiger partial charge in [-0.3, -0.25) is 9.59 Å². The highest BCUT2D eigenvalue weighted by molar-refractivity contribution is 6.30. The summed E-state index contributed by atoms with van der Waals surface area (Å²) in [7, 11) is 0. The van der Waals surface area contributed by atoms with Crippen LogP contribution < -0.4 is 10.1 Å². The fourth-order valence-electron chi connectivity index (χ4n) is 2.66. The zero-order valence-corrected chi connectivity index (χ0v) is 18.1. The number of ether oxygens (including phenoxy) is 2. The zero-order chi connectivity index (χ0) is 21.4. The minimum atomic E-state index is -0.484. The summed E-state index contributed by atoms with van der Waals surface area (Å²) in [6.07, 6.45) is 0.0676. The maximum Gasteiger partial charge on any atom is 0.309 e. The molecule has 0 heterocycles.